The number of hydrogen-bond acceptors (Lipinski definition) is 6. The molecule has 6 heteroatoms. The Labute approximate surface area is 201 Å². The molecular weight excluding hydrogens is 420 g/mol. The molecule has 0 amide bonds. The Hall–Kier alpha value is -3.14. The van der Waals surface area contributed by atoms with Gasteiger partial charge in [-0.2, -0.15) is 5.26 Å². The van der Waals surface area contributed by atoms with Gasteiger partial charge >= 0.3 is 0 Å². The van der Waals surface area contributed by atoms with Gasteiger partial charge < -0.3 is 14.7 Å². The number of pyridine rings is 1. The normalized spacial score (nSPS) is 25.6. The summed E-state index contributed by atoms with van der Waals surface area (Å²) in [4.78, 5) is 14.7. The molecule has 3 aromatic rings. The van der Waals surface area contributed by atoms with Crippen molar-refractivity contribution in [2.24, 2.45) is 5.41 Å². The molecule has 3 saturated heterocycles. The minimum atomic E-state index is 0.401. The maximum Gasteiger partial charge on any atom is 0.101 e. The maximum atomic E-state index is 9.54. The van der Waals surface area contributed by atoms with Crippen molar-refractivity contribution in [3.63, 3.8) is 0 Å². The Balaban J connectivity index is 1.17. The zero-order chi connectivity index (χ0) is 23.0. The number of aromatic nitrogens is 1. The average molecular weight is 451 g/mol. The minimum Gasteiger partial charge on any atom is -0.370 e. The van der Waals surface area contributed by atoms with Gasteiger partial charge in [0.1, 0.15) is 6.07 Å². The lowest BCUT2D eigenvalue weighted by Crippen LogP contribution is -2.71. The summed E-state index contributed by atoms with van der Waals surface area (Å²) in [7, 11) is 2.22. The van der Waals surface area contributed by atoms with E-state index in [0.29, 0.717) is 23.1 Å². The second-order valence-electron chi connectivity index (χ2n) is 11.0. The minimum absolute atomic E-state index is 0.401. The third-order valence-electron chi connectivity index (χ3n) is 8.52. The number of hydrogen-bond donors (Lipinski definition) is 0. The topological polar surface area (TPSA) is 49.6 Å². The molecule has 0 bridgehead atoms. The van der Waals surface area contributed by atoms with Crippen molar-refractivity contribution in [2.75, 3.05) is 56.1 Å². The number of benzene rings is 2. The highest BCUT2D eigenvalue weighted by Crippen LogP contribution is 2.45. The highest BCUT2D eigenvalue weighted by atomic mass is 15.3. The van der Waals surface area contributed by atoms with Gasteiger partial charge in [-0.05, 0) is 61.5 Å². The molecule has 4 aliphatic rings. The van der Waals surface area contributed by atoms with Crippen LogP contribution in [0.25, 0.3) is 10.9 Å². The van der Waals surface area contributed by atoms with E-state index in [2.05, 4.69) is 75.0 Å². The average Bonchev–Trinajstić information content (AvgIpc) is 3.18. The molecule has 2 atom stereocenters. The number of likely N-dealkylation sites (tertiary alicyclic amines) is 1. The SMILES string of the molecule is CC1CN(c2ccc(C#N)c3ncccc23)CC2c3ccc(N4CC5(CN(C)C5)C4)cc3CN12. The van der Waals surface area contributed by atoms with Gasteiger partial charge in [0.15, 0.2) is 0 Å². The van der Waals surface area contributed by atoms with Crippen LogP contribution >= 0.6 is 0 Å². The Morgan fingerprint density at radius 2 is 1.88 bits per heavy atom. The molecule has 34 heavy (non-hydrogen) atoms. The molecule has 0 saturated carbocycles. The summed E-state index contributed by atoms with van der Waals surface area (Å²) in [5.74, 6) is 0. The van der Waals surface area contributed by atoms with Crippen molar-refractivity contribution in [1.29, 1.82) is 5.26 Å². The molecular formula is C28H30N6. The number of piperazine rings is 1. The second-order valence-corrected chi connectivity index (χ2v) is 11.0. The summed E-state index contributed by atoms with van der Waals surface area (Å²) in [5.41, 5.74) is 7.57. The second kappa shape index (κ2) is 7.18. The van der Waals surface area contributed by atoms with Crippen molar-refractivity contribution in [1.82, 2.24) is 14.8 Å². The van der Waals surface area contributed by atoms with E-state index in [1.807, 2.05) is 12.1 Å². The first-order valence-electron chi connectivity index (χ1n) is 12.4. The molecule has 1 aromatic heterocycles. The predicted octanol–water partition coefficient (Wildman–Crippen LogP) is 3.62. The van der Waals surface area contributed by atoms with Crippen molar-refractivity contribution < 1.29 is 0 Å². The quantitative estimate of drug-likeness (QED) is 0.594. The van der Waals surface area contributed by atoms with Crippen LogP contribution in [0.3, 0.4) is 0 Å². The highest BCUT2D eigenvalue weighted by molar-refractivity contribution is 5.95. The maximum absolute atomic E-state index is 9.54. The monoisotopic (exact) mass is 450 g/mol. The summed E-state index contributed by atoms with van der Waals surface area (Å²) in [6.07, 6.45) is 1.78. The van der Waals surface area contributed by atoms with Crippen molar-refractivity contribution in [2.45, 2.75) is 25.6 Å². The molecule has 0 N–H and O–H groups in total. The van der Waals surface area contributed by atoms with Crippen molar-refractivity contribution >= 4 is 22.3 Å². The predicted molar refractivity (Wildman–Crippen MR) is 135 cm³/mol. The van der Waals surface area contributed by atoms with Gasteiger partial charge in [-0.15, -0.1) is 0 Å². The molecule has 7 rings (SSSR count). The molecule has 4 aliphatic heterocycles. The summed E-state index contributed by atoms with van der Waals surface area (Å²) in [5, 5.41) is 10.6. The Kier molecular flexibility index (Phi) is 4.28. The summed E-state index contributed by atoms with van der Waals surface area (Å²) in [6, 6.07) is 18.5. The van der Waals surface area contributed by atoms with Crippen LogP contribution in [-0.2, 0) is 6.54 Å². The fourth-order valence-electron chi connectivity index (χ4n) is 7.07. The summed E-state index contributed by atoms with van der Waals surface area (Å²) < 4.78 is 0. The van der Waals surface area contributed by atoms with Crippen LogP contribution in [0.5, 0.6) is 0 Å². The van der Waals surface area contributed by atoms with Gasteiger partial charge in [0.05, 0.1) is 17.1 Å². The Morgan fingerprint density at radius 1 is 1.03 bits per heavy atom. The lowest BCUT2D eigenvalue weighted by atomic mass is 9.73. The zero-order valence-electron chi connectivity index (χ0n) is 19.9. The molecule has 0 aliphatic carbocycles. The van der Waals surface area contributed by atoms with E-state index in [0.717, 1.165) is 30.5 Å². The largest absolute Gasteiger partial charge is 0.370 e. The van der Waals surface area contributed by atoms with Crippen LogP contribution < -0.4 is 9.80 Å². The fraction of sp³-hybridized carbons (Fsp3) is 0.429. The molecule has 172 valence electrons. The summed E-state index contributed by atoms with van der Waals surface area (Å²) in [6.45, 7) is 10.2. The standard InChI is InChI=1S/C28H30N6/c1-19-12-32(25-8-5-20(11-29)27-24(25)4-3-9-30-27)14-26-23-7-6-22(10-21(23)13-34(19)26)33-17-28(18-33)15-31(2)16-28/h3-10,19,26H,12-18H2,1-2H3. The van der Waals surface area contributed by atoms with Crippen molar-refractivity contribution in [3.8, 4) is 6.07 Å². The number of nitriles is 1. The number of anilines is 2. The van der Waals surface area contributed by atoms with Gasteiger partial charge in [0, 0.05) is 80.2 Å². The number of nitrogens with zero attached hydrogens (tertiary/aromatic N) is 6. The van der Waals surface area contributed by atoms with Crippen LogP contribution in [0.1, 0.15) is 29.7 Å². The molecule has 6 nitrogen and oxygen atoms in total. The summed E-state index contributed by atoms with van der Waals surface area (Å²) >= 11 is 0. The first-order valence-corrected chi connectivity index (χ1v) is 12.4. The van der Waals surface area contributed by atoms with E-state index in [4.69, 9.17) is 0 Å². The van der Waals surface area contributed by atoms with E-state index in [1.165, 1.54) is 48.7 Å². The zero-order valence-corrected chi connectivity index (χ0v) is 19.9. The van der Waals surface area contributed by atoms with Crippen molar-refractivity contribution in [3.05, 3.63) is 65.4 Å². The smallest absolute Gasteiger partial charge is 0.101 e. The Bertz CT molecular complexity index is 1330. The molecule has 3 fully saturated rings. The van der Waals surface area contributed by atoms with Gasteiger partial charge in [-0.3, -0.25) is 9.88 Å². The van der Waals surface area contributed by atoms with E-state index in [1.54, 1.807) is 6.20 Å². The van der Waals surface area contributed by atoms with Crippen LogP contribution in [0.4, 0.5) is 11.4 Å². The third-order valence-corrected chi connectivity index (χ3v) is 8.52. The van der Waals surface area contributed by atoms with E-state index >= 15 is 0 Å². The third kappa shape index (κ3) is 2.90. The molecule has 1 spiro atoms. The van der Waals surface area contributed by atoms with E-state index in [-0.39, 0.29) is 0 Å². The molecule has 2 aromatic carbocycles. The molecule has 5 heterocycles. The van der Waals surface area contributed by atoms with Crippen LogP contribution in [0, 0.1) is 16.7 Å². The molecule has 2 unspecified atom stereocenters. The lowest BCUT2D eigenvalue weighted by molar-refractivity contribution is -0.00239. The highest BCUT2D eigenvalue weighted by Gasteiger charge is 2.50. The first-order chi connectivity index (χ1) is 16.5. The van der Waals surface area contributed by atoms with Gasteiger partial charge in [-0.1, -0.05) is 6.07 Å². The van der Waals surface area contributed by atoms with E-state index in [9.17, 15) is 5.26 Å². The van der Waals surface area contributed by atoms with Gasteiger partial charge in [0.25, 0.3) is 0 Å². The number of rotatable bonds is 2. The van der Waals surface area contributed by atoms with E-state index < -0.39 is 0 Å². The molecule has 0 radical (unpaired) electrons. The van der Waals surface area contributed by atoms with Crippen LogP contribution in [0.2, 0.25) is 0 Å². The fourth-order valence-corrected chi connectivity index (χ4v) is 7.07. The first kappa shape index (κ1) is 20.3. The Morgan fingerprint density at radius 3 is 2.68 bits per heavy atom. The van der Waals surface area contributed by atoms with Gasteiger partial charge in [0.2, 0.25) is 0 Å². The van der Waals surface area contributed by atoms with Crippen LogP contribution in [0.15, 0.2) is 48.7 Å². The van der Waals surface area contributed by atoms with Crippen LogP contribution in [-0.4, -0.2) is 67.1 Å². The van der Waals surface area contributed by atoms with Gasteiger partial charge in [-0.25, -0.2) is 0 Å². The lowest BCUT2D eigenvalue weighted by Gasteiger charge is -2.60. The number of fused-ring (bicyclic) bond motifs is 4.